The molecule has 0 heterocycles. The van der Waals surface area contributed by atoms with Gasteiger partial charge in [-0.2, -0.15) is 0 Å². The number of hydrogen-bond donors (Lipinski definition) is 2. The zero-order chi connectivity index (χ0) is 21.5. The maximum absolute atomic E-state index is 14.1. The van der Waals surface area contributed by atoms with Gasteiger partial charge in [0.1, 0.15) is 5.82 Å². The molecule has 5 nitrogen and oxygen atoms in total. The van der Waals surface area contributed by atoms with Gasteiger partial charge >= 0.3 is 0 Å². The number of guanidine groups is 1. The average Bonchev–Trinajstić information content (AvgIpc) is 2.66. The van der Waals surface area contributed by atoms with Crippen molar-refractivity contribution in [2.45, 2.75) is 37.5 Å². The smallest absolute Gasteiger partial charge is 0.191 e. The van der Waals surface area contributed by atoms with Crippen molar-refractivity contribution in [3.63, 3.8) is 0 Å². The summed E-state index contributed by atoms with van der Waals surface area (Å²) in [5.41, 5.74) is 1.24. The minimum absolute atomic E-state index is 0.219. The number of hydrogen-bond acceptors (Lipinski definition) is 3. The van der Waals surface area contributed by atoms with E-state index in [2.05, 4.69) is 15.6 Å². The van der Waals surface area contributed by atoms with Gasteiger partial charge in [-0.05, 0) is 42.7 Å². The molecule has 29 heavy (non-hydrogen) atoms. The van der Waals surface area contributed by atoms with Gasteiger partial charge in [-0.1, -0.05) is 44.2 Å². The van der Waals surface area contributed by atoms with Crippen molar-refractivity contribution >= 4 is 15.8 Å². The molecule has 0 bridgehead atoms. The van der Waals surface area contributed by atoms with E-state index in [1.807, 2.05) is 39.0 Å². The van der Waals surface area contributed by atoms with Gasteiger partial charge < -0.3 is 10.6 Å². The fraction of sp³-hybridized carbons (Fsp3) is 0.409. The topological polar surface area (TPSA) is 70.6 Å². The van der Waals surface area contributed by atoms with Crippen LogP contribution in [-0.2, 0) is 21.7 Å². The molecule has 2 aromatic carbocycles. The highest BCUT2D eigenvalue weighted by Crippen LogP contribution is 2.25. The first-order valence-corrected chi connectivity index (χ1v) is 11.6. The Balaban J connectivity index is 1.98. The third-order valence-corrected chi connectivity index (χ3v) is 5.77. The zero-order valence-electron chi connectivity index (χ0n) is 17.5. The Kier molecular flexibility index (Phi) is 7.79. The van der Waals surface area contributed by atoms with E-state index in [1.54, 1.807) is 24.3 Å². The molecule has 2 aromatic rings. The highest BCUT2D eigenvalue weighted by atomic mass is 32.2. The third-order valence-electron chi connectivity index (χ3n) is 4.64. The Hall–Kier alpha value is -2.41. The molecule has 2 N–H and O–H groups in total. The van der Waals surface area contributed by atoms with Crippen molar-refractivity contribution < 1.29 is 12.8 Å². The number of nitrogens with one attached hydrogen (secondary N) is 2. The van der Waals surface area contributed by atoms with E-state index in [0.29, 0.717) is 29.5 Å². The first-order valence-electron chi connectivity index (χ1n) is 9.69. The highest BCUT2D eigenvalue weighted by Gasteiger charge is 2.23. The van der Waals surface area contributed by atoms with Crippen molar-refractivity contribution in [3.8, 4) is 0 Å². The average molecular weight is 420 g/mol. The fourth-order valence-electron chi connectivity index (χ4n) is 2.94. The van der Waals surface area contributed by atoms with Crippen LogP contribution in [0.5, 0.6) is 0 Å². The second kappa shape index (κ2) is 9.87. The van der Waals surface area contributed by atoms with E-state index in [0.717, 1.165) is 18.5 Å². The summed E-state index contributed by atoms with van der Waals surface area (Å²) in [5.74, 6) is 0.452. The SMILES string of the molecule is CCNC(=NCC(C)(C)c1ccccc1F)NCCc1ccc(S(C)(=O)=O)cc1. The van der Waals surface area contributed by atoms with Gasteiger partial charge in [0, 0.05) is 24.8 Å². The Morgan fingerprint density at radius 2 is 1.72 bits per heavy atom. The Labute approximate surface area is 173 Å². The van der Waals surface area contributed by atoms with Crippen molar-refractivity contribution in [3.05, 3.63) is 65.5 Å². The summed E-state index contributed by atoms with van der Waals surface area (Å²) in [4.78, 5) is 4.95. The minimum atomic E-state index is -3.18. The van der Waals surface area contributed by atoms with Crippen LogP contribution in [0.25, 0.3) is 0 Å². The largest absolute Gasteiger partial charge is 0.357 e. The number of halogens is 1. The number of rotatable bonds is 8. The number of nitrogens with zero attached hydrogens (tertiary/aromatic N) is 1. The van der Waals surface area contributed by atoms with E-state index in [1.165, 1.54) is 12.3 Å². The van der Waals surface area contributed by atoms with Crippen LogP contribution in [0.2, 0.25) is 0 Å². The van der Waals surface area contributed by atoms with Crippen LogP contribution in [0.15, 0.2) is 58.4 Å². The summed E-state index contributed by atoms with van der Waals surface area (Å²) < 4.78 is 37.2. The molecule has 0 amide bonds. The van der Waals surface area contributed by atoms with Crippen molar-refractivity contribution in [2.24, 2.45) is 4.99 Å². The predicted molar refractivity (Wildman–Crippen MR) is 117 cm³/mol. The second-order valence-electron chi connectivity index (χ2n) is 7.65. The van der Waals surface area contributed by atoms with Crippen LogP contribution >= 0.6 is 0 Å². The Bertz CT molecular complexity index is 939. The molecule has 0 fully saturated rings. The Morgan fingerprint density at radius 3 is 2.31 bits per heavy atom. The van der Waals surface area contributed by atoms with Crippen molar-refractivity contribution in [1.82, 2.24) is 10.6 Å². The van der Waals surface area contributed by atoms with Gasteiger partial charge in [0.15, 0.2) is 15.8 Å². The first kappa shape index (κ1) is 22.9. The van der Waals surface area contributed by atoms with Gasteiger partial charge in [-0.3, -0.25) is 4.99 Å². The van der Waals surface area contributed by atoms with Crippen LogP contribution in [0.4, 0.5) is 4.39 Å². The van der Waals surface area contributed by atoms with Gasteiger partial charge in [0.05, 0.1) is 11.4 Å². The minimum Gasteiger partial charge on any atom is -0.357 e. The van der Waals surface area contributed by atoms with Gasteiger partial charge in [0.25, 0.3) is 0 Å². The summed E-state index contributed by atoms with van der Waals surface area (Å²) in [6, 6.07) is 13.7. The van der Waals surface area contributed by atoms with Crippen LogP contribution in [0, 0.1) is 5.82 Å². The molecule has 0 saturated heterocycles. The molecule has 158 valence electrons. The molecule has 0 atom stereocenters. The van der Waals surface area contributed by atoms with Crippen LogP contribution in [-0.4, -0.2) is 40.3 Å². The second-order valence-corrected chi connectivity index (χ2v) is 9.67. The van der Waals surface area contributed by atoms with Gasteiger partial charge in [0.2, 0.25) is 0 Å². The van der Waals surface area contributed by atoms with E-state index >= 15 is 0 Å². The van der Waals surface area contributed by atoms with Gasteiger partial charge in [-0.25, -0.2) is 12.8 Å². The number of aliphatic imine (C=N–C) groups is 1. The fourth-order valence-corrected chi connectivity index (χ4v) is 3.57. The maximum Gasteiger partial charge on any atom is 0.191 e. The molecule has 0 aliphatic carbocycles. The summed E-state index contributed by atoms with van der Waals surface area (Å²) in [6.45, 7) is 7.73. The van der Waals surface area contributed by atoms with E-state index in [-0.39, 0.29) is 5.82 Å². The maximum atomic E-state index is 14.1. The molecular weight excluding hydrogens is 389 g/mol. The standard InChI is InChI=1S/C22H30FN3O2S/c1-5-24-21(26-16-22(2,3)19-8-6-7-9-20(19)23)25-15-14-17-10-12-18(13-11-17)29(4,27)28/h6-13H,5,14-16H2,1-4H3,(H2,24,25,26). The molecule has 0 saturated carbocycles. The van der Waals surface area contributed by atoms with Crippen LogP contribution in [0.1, 0.15) is 31.9 Å². The number of sulfone groups is 1. The zero-order valence-corrected chi connectivity index (χ0v) is 18.3. The lowest BCUT2D eigenvalue weighted by Crippen LogP contribution is -2.39. The Morgan fingerprint density at radius 1 is 1.07 bits per heavy atom. The van der Waals surface area contributed by atoms with Crippen molar-refractivity contribution in [2.75, 3.05) is 25.9 Å². The summed E-state index contributed by atoms with van der Waals surface area (Å²) >= 11 is 0. The molecule has 7 heteroatoms. The lowest BCUT2D eigenvalue weighted by molar-refractivity contribution is 0.492. The third kappa shape index (κ3) is 6.85. The van der Waals surface area contributed by atoms with E-state index < -0.39 is 15.3 Å². The quantitative estimate of drug-likeness (QED) is 0.509. The first-order chi connectivity index (χ1) is 13.6. The molecule has 2 rings (SSSR count). The molecule has 0 spiro atoms. The molecule has 0 radical (unpaired) electrons. The summed E-state index contributed by atoms with van der Waals surface area (Å²) in [7, 11) is -3.18. The molecule has 0 aliphatic heterocycles. The number of benzene rings is 2. The monoisotopic (exact) mass is 419 g/mol. The molecular formula is C22H30FN3O2S. The lowest BCUT2D eigenvalue weighted by Gasteiger charge is -2.24. The van der Waals surface area contributed by atoms with Crippen LogP contribution in [0.3, 0.4) is 0 Å². The lowest BCUT2D eigenvalue weighted by atomic mass is 9.84. The predicted octanol–water partition coefficient (Wildman–Crippen LogP) is 3.30. The van der Waals surface area contributed by atoms with Crippen molar-refractivity contribution in [1.29, 1.82) is 0 Å². The molecule has 0 aromatic heterocycles. The highest BCUT2D eigenvalue weighted by molar-refractivity contribution is 7.90. The van der Waals surface area contributed by atoms with E-state index in [9.17, 15) is 12.8 Å². The van der Waals surface area contributed by atoms with Crippen LogP contribution < -0.4 is 10.6 Å². The van der Waals surface area contributed by atoms with Gasteiger partial charge in [-0.15, -0.1) is 0 Å². The molecule has 0 unspecified atom stereocenters. The summed E-state index contributed by atoms with van der Waals surface area (Å²) in [6.07, 6.45) is 1.93. The molecule has 0 aliphatic rings. The van der Waals surface area contributed by atoms with E-state index in [4.69, 9.17) is 0 Å². The summed E-state index contributed by atoms with van der Waals surface area (Å²) in [5, 5.41) is 6.48. The normalized spacial score (nSPS) is 12.7.